The average Bonchev–Trinajstić information content (AvgIpc) is 2.68. The van der Waals surface area contributed by atoms with E-state index in [4.69, 9.17) is 0 Å². The molecule has 1 N–H and O–H groups in total. The first-order chi connectivity index (χ1) is 9.10. The summed E-state index contributed by atoms with van der Waals surface area (Å²) in [5.74, 6) is 1.37. The maximum atomic E-state index is 11.7. The number of aryl methyl sites for hydroxylation is 2. The van der Waals surface area contributed by atoms with Gasteiger partial charge >= 0.3 is 5.69 Å². The summed E-state index contributed by atoms with van der Waals surface area (Å²) in [7, 11) is 1.66. The lowest BCUT2D eigenvalue weighted by atomic mass is 10.4. The lowest BCUT2D eigenvalue weighted by Gasteiger charge is -2.07. The van der Waals surface area contributed by atoms with E-state index in [0.717, 1.165) is 24.5 Å². The zero-order valence-corrected chi connectivity index (χ0v) is 11.4. The van der Waals surface area contributed by atoms with E-state index in [1.54, 1.807) is 7.05 Å². The number of nitrogens with one attached hydrogen (secondary N) is 1. The molecule has 7 nitrogen and oxygen atoms in total. The van der Waals surface area contributed by atoms with Gasteiger partial charge in [-0.2, -0.15) is 5.10 Å². The zero-order valence-electron chi connectivity index (χ0n) is 11.4. The predicted octanol–water partition coefficient (Wildman–Crippen LogP) is 0.550. The monoisotopic (exact) mass is 262 g/mol. The van der Waals surface area contributed by atoms with Gasteiger partial charge in [-0.15, -0.1) is 0 Å². The van der Waals surface area contributed by atoms with Gasteiger partial charge in [-0.05, 0) is 13.3 Å². The van der Waals surface area contributed by atoms with Gasteiger partial charge in [0.2, 0.25) is 0 Å². The lowest BCUT2D eigenvalue weighted by molar-refractivity contribution is 0.620. The van der Waals surface area contributed by atoms with E-state index in [1.165, 1.54) is 15.6 Å². The molecule has 0 aliphatic rings. The van der Waals surface area contributed by atoms with Gasteiger partial charge in [0.25, 0.3) is 0 Å². The van der Waals surface area contributed by atoms with Gasteiger partial charge in [-0.25, -0.2) is 19.4 Å². The second-order valence-electron chi connectivity index (χ2n) is 4.42. The number of nitrogens with zero attached hydrogens (tertiary/aromatic N) is 5. The number of hydrogen-bond donors (Lipinski definition) is 1. The van der Waals surface area contributed by atoms with E-state index >= 15 is 0 Å². The Morgan fingerprint density at radius 1 is 1.37 bits per heavy atom. The van der Waals surface area contributed by atoms with E-state index in [9.17, 15) is 4.79 Å². The van der Waals surface area contributed by atoms with Crippen LogP contribution in [0, 0.1) is 6.92 Å². The Hall–Kier alpha value is -2.18. The maximum Gasteiger partial charge on any atom is 0.345 e. The molecule has 102 valence electrons. The summed E-state index contributed by atoms with van der Waals surface area (Å²) in [6.07, 6.45) is 2.51. The molecule has 0 fully saturated rings. The molecule has 0 spiro atoms. The Bertz CT molecular complexity index is 615. The topological polar surface area (TPSA) is 77.6 Å². The van der Waals surface area contributed by atoms with Gasteiger partial charge in [-0.3, -0.25) is 4.57 Å². The average molecular weight is 262 g/mol. The van der Waals surface area contributed by atoms with Crippen LogP contribution in [0.25, 0.3) is 0 Å². The van der Waals surface area contributed by atoms with Crippen LogP contribution >= 0.6 is 0 Å². The van der Waals surface area contributed by atoms with Crippen molar-refractivity contribution >= 4 is 5.82 Å². The molecule has 2 rings (SSSR count). The van der Waals surface area contributed by atoms with Crippen molar-refractivity contribution in [1.82, 2.24) is 24.3 Å². The molecule has 0 unspecified atom stereocenters. The second kappa shape index (κ2) is 5.64. The van der Waals surface area contributed by atoms with E-state index < -0.39 is 0 Å². The molecule has 19 heavy (non-hydrogen) atoms. The minimum atomic E-state index is -0.173. The fraction of sp³-hybridized carbons (Fsp3) is 0.500. The van der Waals surface area contributed by atoms with Crippen molar-refractivity contribution < 1.29 is 0 Å². The standard InChI is InChI=1S/C12H18N6O/c1-4-5-13-10-6-9(2)15-11(16-10)7-18-12(19)17(3)8-14-18/h6,8H,4-5,7H2,1-3H3,(H,13,15,16). The summed E-state index contributed by atoms with van der Waals surface area (Å²) in [6, 6.07) is 1.89. The first-order valence-electron chi connectivity index (χ1n) is 6.27. The van der Waals surface area contributed by atoms with Crippen LogP contribution in [-0.2, 0) is 13.6 Å². The molecule has 0 radical (unpaired) electrons. The van der Waals surface area contributed by atoms with Crippen molar-refractivity contribution in [2.24, 2.45) is 7.05 Å². The van der Waals surface area contributed by atoms with E-state index in [-0.39, 0.29) is 12.2 Å². The predicted molar refractivity (Wildman–Crippen MR) is 72.1 cm³/mol. The van der Waals surface area contributed by atoms with Gasteiger partial charge in [0.05, 0.1) is 0 Å². The molecule has 2 heterocycles. The molecular formula is C12H18N6O. The summed E-state index contributed by atoms with van der Waals surface area (Å²) >= 11 is 0. The molecule has 2 aromatic heterocycles. The largest absolute Gasteiger partial charge is 0.370 e. The normalized spacial score (nSPS) is 10.7. The highest BCUT2D eigenvalue weighted by Crippen LogP contribution is 2.06. The molecule has 2 aromatic rings. The molecule has 0 amide bonds. The van der Waals surface area contributed by atoms with Crippen LogP contribution in [-0.4, -0.2) is 30.9 Å². The van der Waals surface area contributed by atoms with Gasteiger partial charge in [0.15, 0.2) is 5.82 Å². The third kappa shape index (κ3) is 3.18. The summed E-state index contributed by atoms with van der Waals surface area (Å²) in [5, 5.41) is 7.22. The summed E-state index contributed by atoms with van der Waals surface area (Å²) < 4.78 is 2.77. The van der Waals surface area contributed by atoms with Gasteiger partial charge < -0.3 is 5.32 Å². The second-order valence-corrected chi connectivity index (χ2v) is 4.42. The minimum Gasteiger partial charge on any atom is -0.370 e. The fourth-order valence-corrected chi connectivity index (χ4v) is 1.71. The first-order valence-corrected chi connectivity index (χ1v) is 6.27. The number of anilines is 1. The number of aromatic nitrogens is 5. The fourth-order valence-electron chi connectivity index (χ4n) is 1.71. The molecule has 0 saturated carbocycles. The lowest BCUT2D eigenvalue weighted by Crippen LogP contribution is -2.24. The molecule has 0 atom stereocenters. The Morgan fingerprint density at radius 2 is 2.16 bits per heavy atom. The van der Waals surface area contributed by atoms with Crippen molar-refractivity contribution in [3.63, 3.8) is 0 Å². The number of hydrogen-bond acceptors (Lipinski definition) is 5. The Balaban J connectivity index is 2.22. The van der Waals surface area contributed by atoms with Crippen LogP contribution in [0.4, 0.5) is 5.82 Å². The van der Waals surface area contributed by atoms with Crippen LogP contribution in [0.5, 0.6) is 0 Å². The maximum absolute atomic E-state index is 11.7. The Labute approximate surface area is 111 Å². The summed E-state index contributed by atoms with van der Waals surface area (Å²) in [4.78, 5) is 20.4. The van der Waals surface area contributed by atoms with Crippen LogP contribution in [0.15, 0.2) is 17.2 Å². The third-order valence-electron chi connectivity index (χ3n) is 2.63. The van der Waals surface area contributed by atoms with Crippen molar-refractivity contribution in [2.75, 3.05) is 11.9 Å². The van der Waals surface area contributed by atoms with Crippen LogP contribution in [0.2, 0.25) is 0 Å². The van der Waals surface area contributed by atoms with Crippen molar-refractivity contribution in [1.29, 1.82) is 0 Å². The number of rotatable bonds is 5. The molecular weight excluding hydrogens is 244 g/mol. The highest BCUT2D eigenvalue weighted by molar-refractivity contribution is 5.35. The highest BCUT2D eigenvalue weighted by Gasteiger charge is 2.07. The van der Waals surface area contributed by atoms with Crippen molar-refractivity contribution in [3.8, 4) is 0 Å². The smallest absolute Gasteiger partial charge is 0.345 e. The molecule has 0 aromatic carbocycles. The van der Waals surface area contributed by atoms with E-state index in [2.05, 4.69) is 27.3 Å². The zero-order chi connectivity index (χ0) is 13.8. The summed E-state index contributed by atoms with van der Waals surface area (Å²) in [5.41, 5.74) is 0.695. The van der Waals surface area contributed by atoms with Gasteiger partial charge in [0.1, 0.15) is 18.7 Å². The summed E-state index contributed by atoms with van der Waals surface area (Å²) in [6.45, 7) is 5.14. The SMILES string of the molecule is CCCNc1cc(C)nc(Cn2ncn(C)c2=O)n1. The highest BCUT2D eigenvalue weighted by atomic mass is 16.2. The third-order valence-corrected chi connectivity index (χ3v) is 2.63. The van der Waals surface area contributed by atoms with Crippen LogP contribution in [0.1, 0.15) is 24.9 Å². The molecule has 0 saturated heterocycles. The quantitative estimate of drug-likeness (QED) is 0.851. The molecule has 0 aliphatic heterocycles. The Morgan fingerprint density at radius 3 is 2.79 bits per heavy atom. The first kappa shape index (κ1) is 13.3. The Kier molecular flexibility index (Phi) is 3.94. The van der Waals surface area contributed by atoms with Crippen molar-refractivity contribution in [2.45, 2.75) is 26.8 Å². The van der Waals surface area contributed by atoms with Crippen LogP contribution < -0.4 is 11.0 Å². The van der Waals surface area contributed by atoms with E-state index in [0.29, 0.717) is 5.82 Å². The molecule has 7 heteroatoms. The molecule has 0 bridgehead atoms. The molecule has 0 aliphatic carbocycles. The van der Waals surface area contributed by atoms with Crippen LogP contribution in [0.3, 0.4) is 0 Å². The minimum absolute atomic E-state index is 0.173. The van der Waals surface area contributed by atoms with E-state index in [1.807, 2.05) is 13.0 Å². The van der Waals surface area contributed by atoms with Gasteiger partial charge in [-0.1, -0.05) is 6.92 Å². The van der Waals surface area contributed by atoms with Crippen molar-refractivity contribution in [3.05, 3.63) is 34.4 Å². The van der Waals surface area contributed by atoms with Gasteiger partial charge in [0, 0.05) is 25.4 Å².